The number of hydrogen-bond acceptors (Lipinski definition) is 1. The van der Waals surface area contributed by atoms with Crippen molar-refractivity contribution in [3.63, 3.8) is 0 Å². The van der Waals surface area contributed by atoms with Crippen LogP contribution in [0.5, 0.6) is 0 Å². The SMILES string of the molecule is CCCCCC[N+](=Cc1ccc(N(C)C)cc1)[Si](C)(C)C.[Cl-]. The number of nitrogens with zero attached hydrogens (tertiary/aromatic N) is 2. The molecule has 0 aromatic heterocycles. The average molecular weight is 341 g/mol. The van der Waals surface area contributed by atoms with Crippen LogP contribution in [0.4, 0.5) is 5.69 Å². The van der Waals surface area contributed by atoms with Crippen molar-refractivity contribution in [2.45, 2.75) is 52.2 Å². The summed E-state index contributed by atoms with van der Waals surface area (Å²) >= 11 is 0. The molecule has 1 aromatic carbocycles. The van der Waals surface area contributed by atoms with Crippen molar-refractivity contribution in [1.82, 2.24) is 0 Å². The minimum Gasteiger partial charge on any atom is -1.00 e. The molecular weight excluding hydrogens is 308 g/mol. The zero-order chi connectivity index (χ0) is 15.9. The van der Waals surface area contributed by atoms with Crippen molar-refractivity contribution < 1.29 is 16.6 Å². The standard InChI is InChI=1S/C18H33N2Si.ClH/c1-7-8-9-10-15-20(21(4,5)6)16-17-11-13-18(14-12-17)19(2)3;/h11-14,16H,7-10,15H2,1-6H3;1H/q+1;/p-1. The van der Waals surface area contributed by atoms with Gasteiger partial charge in [0.2, 0.25) is 0 Å². The van der Waals surface area contributed by atoms with E-state index in [2.05, 4.69) is 80.3 Å². The number of hydrogen-bond donors (Lipinski definition) is 0. The van der Waals surface area contributed by atoms with Gasteiger partial charge in [-0.25, -0.2) is 0 Å². The molecule has 0 amide bonds. The van der Waals surface area contributed by atoms with Crippen LogP contribution in [0.25, 0.3) is 0 Å². The van der Waals surface area contributed by atoms with Gasteiger partial charge in [-0.05, 0) is 50.3 Å². The van der Waals surface area contributed by atoms with E-state index in [0.717, 1.165) is 0 Å². The molecule has 0 aliphatic heterocycles. The van der Waals surface area contributed by atoms with E-state index in [1.54, 1.807) is 0 Å². The molecule has 0 bridgehead atoms. The Labute approximate surface area is 144 Å². The molecule has 2 nitrogen and oxygen atoms in total. The Balaban J connectivity index is 0.00000441. The molecule has 0 unspecified atom stereocenters. The molecule has 126 valence electrons. The summed E-state index contributed by atoms with van der Waals surface area (Å²) in [5.74, 6) is 0. The maximum absolute atomic E-state index is 2.62. The number of rotatable bonds is 8. The van der Waals surface area contributed by atoms with Crippen LogP contribution in [-0.4, -0.2) is 39.3 Å². The molecule has 0 aliphatic carbocycles. The van der Waals surface area contributed by atoms with Gasteiger partial charge in [0.1, 0.15) is 12.8 Å². The molecule has 1 aromatic rings. The smallest absolute Gasteiger partial charge is 0.348 e. The van der Waals surface area contributed by atoms with Crippen molar-refractivity contribution in [3.8, 4) is 0 Å². The summed E-state index contributed by atoms with van der Waals surface area (Å²) in [6.45, 7) is 10.8. The number of anilines is 1. The van der Waals surface area contributed by atoms with Gasteiger partial charge in [-0.2, -0.15) is 0 Å². The monoisotopic (exact) mass is 340 g/mol. The summed E-state index contributed by atoms with van der Waals surface area (Å²) in [6, 6.07) is 8.86. The Hall–Kier alpha value is -0.803. The first-order valence-electron chi connectivity index (χ1n) is 8.23. The van der Waals surface area contributed by atoms with E-state index < -0.39 is 8.24 Å². The zero-order valence-electron chi connectivity index (χ0n) is 15.2. The predicted molar refractivity (Wildman–Crippen MR) is 98.6 cm³/mol. The maximum Gasteiger partial charge on any atom is 0.348 e. The van der Waals surface area contributed by atoms with Crippen molar-refractivity contribution in [2.75, 3.05) is 25.5 Å². The second-order valence-corrected chi connectivity index (χ2v) is 12.0. The van der Waals surface area contributed by atoms with Gasteiger partial charge in [-0.3, -0.25) is 0 Å². The minimum atomic E-state index is -1.30. The van der Waals surface area contributed by atoms with Crippen molar-refractivity contribution >= 4 is 20.1 Å². The number of halogens is 1. The lowest BCUT2D eigenvalue weighted by Crippen LogP contribution is -3.00. The Morgan fingerprint density at radius 1 is 1.00 bits per heavy atom. The van der Waals surface area contributed by atoms with Gasteiger partial charge < -0.3 is 21.5 Å². The Bertz CT molecular complexity index is 447. The van der Waals surface area contributed by atoms with Crippen LogP contribution in [0.15, 0.2) is 24.3 Å². The molecule has 0 N–H and O–H groups in total. The van der Waals surface area contributed by atoms with Gasteiger partial charge in [-0.1, -0.05) is 19.8 Å². The van der Waals surface area contributed by atoms with E-state index >= 15 is 0 Å². The second-order valence-electron chi connectivity index (χ2n) is 7.04. The molecule has 22 heavy (non-hydrogen) atoms. The van der Waals surface area contributed by atoms with Gasteiger partial charge in [0, 0.05) is 31.8 Å². The molecule has 0 fully saturated rings. The first-order chi connectivity index (χ1) is 9.84. The number of unbranched alkanes of at least 4 members (excludes halogenated alkanes) is 3. The molecule has 0 radical (unpaired) electrons. The summed E-state index contributed by atoms with van der Waals surface area (Å²) in [5.41, 5.74) is 2.58. The van der Waals surface area contributed by atoms with Crippen LogP contribution in [0.3, 0.4) is 0 Å². The highest BCUT2D eigenvalue weighted by Gasteiger charge is 2.29. The largest absolute Gasteiger partial charge is 1.00 e. The molecule has 1 rings (SSSR count). The quantitative estimate of drug-likeness (QED) is 0.396. The van der Waals surface area contributed by atoms with Gasteiger partial charge in [0.05, 0.1) is 0 Å². The molecule has 4 heteroatoms. The van der Waals surface area contributed by atoms with E-state index in [1.807, 2.05) is 0 Å². The summed E-state index contributed by atoms with van der Waals surface area (Å²) < 4.78 is 2.62. The fraction of sp³-hybridized carbons (Fsp3) is 0.611. The second kappa shape index (κ2) is 10.1. The molecule has 0 spiro atoms. The summed E-state index contributed by atoms with van der Waals surface area (Å²) in [7, 11) is 2.87. The maximum atomic E-state index is 2.62. The third-order valence-electron chi connectivity index (χ3n) is 3.83. The normalized spacial score (nSPS) is 12.0. The minimum absolute atomic E-state index is 0. The third kappa shape index (κ3) is 7.46. The van der Waals surface area contributed by atoms with Crippen LogP contribution in [0.1, 0.15) is 38.2 Å². The van der Waals surface area contributed by atoms with Gasteiger partial charge >= 0.3 is 8.24 Å². The van der Waals surface area contributed by atoms with E-state index in [-0.39, 0.29) is 12.4 Å². The van der Waals surface area contributed by atoms with Crippen LogP contribution < -0.4 is 17.3 Å². The fourth-order valence-electron chi connectivity index (χ4n) is 2.34. The van der Waals surface area contributed by atoms with E-state index in [4.69, 9.17) is 0 Å². The topological polar surface area (TPSA) is 6.25 Å². The highest BCUT2D eigenvalue weighted by Crippen LogP contribution is 2.12. The molecule has 0 aliphatic rings. The Morgan fingerprint density at radius 3 is 2.05 bits per heavy atom. The summed E-state index contributed by atoms with van der Waals surface area (Å²) in [5, 5.41) is 0. The highest BCUT2D eigenvalue weighted by molar-refractivity contribution is 6.68. The van der Waals surface area contributed by atoms with Crippen LogP contribution in [0, 0.1) is 0 Å². The van der Waals surface area contributed by atoms with Crippen molar-refractivity contribution in [2.24, 2.45) is 0 Å². The summed E-state index contributed by atoms with van der Waals surface area (Å²) in [6.07, 6.45) is 7.70. The van der Waals surface area contributed by atoms with Gasteiger partial charge in [-0.15, -0.1) is 0 Å². The molecule has 0 atom stereocenters. The lowest BCUT2D eigenvalue weighted by molar-refractivity contribution is -0.394. The lowest BCUT2D eigenvalue weighted by atomic mass is 10.2. The number of benzene rings is 1. The lowest BCUT2D eigenvalue weighted by Gasteiger charge is -2.16. The Kier molecular flexibility index (Phi) is 9.70. The molecular formula is C18H33ClN2Si. The zero-order valence-corrected chi connectivity index (χ0v) is 17.0. The summed E-state index contributed by atoms with van der Waals surface area (Å²) in [4.78, 5) is 2.14. The van der Waals surface area contributed by atoms with Crippen LogP contribution in [0.2, 0.25) is 19.6 Å². The first-order valence-corrected chi connectivity index (χ1v) is 11.7. The first kappa shape index (κ1) is 21.2. The Morgan fingerprint density at radius 2 is 1.59 bits per heavy atom. The molecule has 0 saturated heterocycles. The van der Waals surface area contributed by atoms with E-state index in [0.29, 0.717) is 0 Å². The predicted octanol–water partition coefficient (Wildman–Crippen LogP) is 1.60. The van der Waals surface area contributed by atoms with Crippen molar-refractivity contribution in [1.29, 1.82) is 0 Å². The third-order valence-corrected chi connectivity index (χ3v) is 5.90. The fourth-order valence-corrected chi connectivity index (χ4v) is 3.71. The molecule has 0 saturated carbocycles. The molecule has 0 heterocycles. The van der Waals surface area contributed by atoms with E-state index in [1.165, 1.54) is 43.5 Å². The van der Waals surface area contributed by atoms with Gasteiger partial charge in [0.15, 0.2) is 0 Å². The van der Waals surface area contributed by atoms with Crippen LogP contribution in [-0.2, 0) is 0 Å². The van der Waals surface area contributed by atoms with Crippen LogP contribution >= 0.6 is 0 Å². The van der Waals surface area contributed by atoms with Crippen molar-refractivity contribution in [3.05, 3.63) is 29.8 Å². The highest BCUT2D eigenvalue weighted by atomic mass is 35.5. The van der Waals surface area contributed by atoms with Gasteiger partial charge in [0.25, 0.3) is 0 Å². The average Bonchev–Trinajstić information content (AvgIpc) is 2.41. The van der Waals surface area contributed by atoms with E-state index in [9.17, 15) is 0 Å².